The van der Waals surface area contributed by atoms with Gasteiger partial charge in [0.15, 0.2) is 5.96 Å². The van der Waals surface area contributed by atoms with Gasteiger partial charge in [-0.2, -0.15) is 0 Å². The number of anilines is 1. The molecule has 2 N–H and O–H groups in total. The fourth-order valence-corrected chi connectivity index (χ4v) is 3.53. The second kappa shape index (κ2) is 11.9. The van der Waals surface area contributed by atoms with Gasteiger partial charge in [-0.3, -0.25) is 9.89 Å². The van der Waals surface area contributed by atoms with Crippen molar-refractivity contribution in [3.63, 3.8) is 0 Å². The standard InChI is InChI=1S/C22H33N7O2/c1-23-21(27-17-18-6-7-19(30-2)16-20(18)31-3)24-10-5-11-28-12-14-29(15-13-28)22-25-8-4-9-26-22/h4,6-9,16H,5,10-15,17H2,1-3H3,(H2,23,24,27). The van der Waals surface area contributed by atoms with Crippen molar-refractivity contribution in [2.24, 2.45) is 4.99 Å². The molecule has 1 saturated heterocycles. The second-order valence-corrected chi connectivity index (χ2v) is 7.26. The number of benzene rings is 1. The number of aromatic nitrogens is 2. The molecular formula is C22H33N7O2. The van der Waals surface area contributed by atoms with E-state index in [0.717, 1.165) is 74.7 Å². The maximum Gasteiger partial charge on any atom is 0.225 e. The SMILES string of the molecule is CN=C(NCCCN1CCN(c2ncccn2)CC1)NCc1ccc(OC)cc1OC. The van der Waals surface area contributed by atoms with Gasteiger partial charge in [-0.1, -0.05) is 0 Å². The molecule has 168 valence electrons. The summed E-state index contributed by atoms with van der Waals surface area (Å²) in [6.07, 6.45) is 4.65. The molecule has 1 aliphatic heterocycles. The van der Waals surface area contributed by atoms with Crippen molar-refractivity contribution in [1.82, 2.24) is 25.5 Å². The maximum atomic E-state index is 5.46. The van der Waals surface area contributed by atoms with E-state index >= 15 is 0 Å². The van der Waals surface area contributed by atoms with Crippen LogP contribution in [0.3, 0.4) is 0 Å². The molecule has 0 amide bonds. The van der Waals surface area contributed by atoms with E-state index in [2.05, 4.69) is 35.4 Å². The summed E-state index contributed by atoms with van der Waals surface area (Å²) in [5.41, 5.74) is 1.05. The first-order valence-corrected chi connectivity index (χ1v) is 10.6. The van der Waals surface area contributed by atoms with Crippen LogP contribution in [0, 0.1) is 0 Å². The normalized spacial score (nSPS) is 14.9. The Bertz CT molecular complexity index is 824. The lowest BCUT2D eigenvalue weighted by atomic mass is 10.2. The van der Waals surface area contributed by atoms with Crippen LogP contribution in [0.5, 0.6) is 11.5 Å². The number of nitrogens with zero attached hydrogens (tertiary/aromatic N) is 5. The van der Waals surface area contributed by atoms with Crippen molar-refractivity contribution in [2.45, 2.75) is 13.0 Å². The van der Waals surface area contributed by atoms with Gasteiger partial charge in [-0.15, -0.1) is 0 Å². The lowest BCUT2D eigenvalue weighted by molar-refractivity contribution is 0.254. The Morgan fingerprint density at radius 2 is 1.84 bits per heavy atom. The van der Waals surface area contributed by atoms with Crippen molar-refractivity contribution in [3.8, 4) is 11.5 Å². The number of piperazine rings is 1. The van der Waals surface area contributed by atoms with Crippen molar-refractivity contribution in [1.29, 1.82) is 0 Å². The minimum atomic E-state index is 0.621. The van der Waals surface area contributed by atoms with Crippen LogP contribution in [0.25, 0.3) is 0 Å². The molecule has 0 spiro atoms. The van der Waals surface area contributed by atoms with Gasteiger partial charge in [0.2, 0.25) is 5.95 Å². The molecule has 1 aromatic carbocycles. The monoisotopic (exact) mass is 427 g/mol. The van der Waals surface area contributed by atoms with Gasteiger partial charge in [0.1, 0.15) is 11.5 Å². The Morgan fingerprint density at radius 1 is 1.06 bits per heavy atom. The predicted molar refractivity (Wildman–Crippen MR) is 123 cm³/mol. The van der Waals surface area contributed by atoms with E-state index in [9.17, 15) is 0 Å². The number of hydrogen-bond acceptors (Lipinski definition) is 7. The Hall–Kier alpha value is -3.07. The first-order chi connectivity index (χ1) is 15.2. The molecular weight excluding hydrogens is 394 g/mol. The molecule has 3 rings (SSSR count). The largest absolute Gasteiger partial charge is 0.497 e. The van der Waals surface area contributed by atoms with Crippen LogP contribution in [-0.4, -0.2) is 81.4 Å². The number of aliphatic imine (C=N–C) groups is 1. The van der Waals surface area contributed by atoms with E-state index in [0.29, 0.717) is 6.54 Å². The van der Waals surface area contributed by atoms with E-state index in [1.54, 1.807) is 33.7 Å². The fourth-order valence-electron chi connectivity index (χ4n) is 3.53. The van der Waals surface area contributed by atoms with Crippen LogP contribution < -0.4 is 25.0 Å². The van der Waals surface area contributed by atoms with E-state index in [1.165, 1.54) is 0 Å². The average molecular weight is 428 g/mol. The number of guanidine groups is 1. The summed E-state index contributed by atoms with van der Waals surface area (Å²) < 4.78 is 10.7. The van der Waals surface area contributed by atoms with E-state index < -0.39 is 0 Å². The van der Waals surface area contributed by atoms with Crippen LogP contribution in [0.4, 0.5) is 5.95 Å². The second-order valence-electron chi connectivity index (χ2n) is 7.26. The minimum Gasteiger partial charge on any atom is -0.497 e. The van der Waals surface area contributed by atoms with Gasteiger partial charge in [0.05, 0.1) is 14.2 Å². The molecule has 1 fully saturated rings. The first-order valence-electron chi connectivity index (χ1n) is 10.6. The quantitative estimate of drug-likeness (QED) is 0.353. The molecule has 2 heterocycles. The van der Waals surface area contributed by atoms with E-state index in [4.69, 9.17) is 9.47 Å². The highest BCUT2D eigenvalue weighted by atomic mass is 16.5. The minimum absolute atomic E-state index is 0.621. The average Bonchev–Trinajstić information content (AvgIpc) is 2.84. The summed E-state index contributed by atoms with van der Waals surface area (Å²) in [4.78, 5) is 17.7. The summed E-state index contributed by atoms with van der Waals surface area (Å²) in [6.45, 7) is 6.53. The third kappa shape index (κ3) is 6.71. The molecule has 0 unspecified atom stereocenters. The maximum absolute atomic E-state index is 5.46. The predicted octanol–water partition coefficient (Wildman–Crippen LogP) is 1.37. The summed E-state index contributed by atoms with van der Waals surface area (Å²) in [5.74, 6) is 3.18. The first kappa shape index (κ1) is 22.6. The van der Waals surface area contributed by atoms with Gasteiger partial charge >= 0.3 is 0 Å². The molecule has 9 heteroatoms. The topological polar surface area (TPSA) is 87.1 Å². The zero-order chi connectivity index (χ0) is 21.9. The summed E-state index contributed by atoms with van der Waals surface area (Å²) in [5, 5.41) is 6.73. The molecule has 0 radical (unpaired) electrons. The van der Waals surface area contributed by atoms with Crippen LogP contribution >= 0.6 is 0 Å². The van der Waals surface area contributed by atoms with Gasteiger partial charge in [0, 0.05) is 70.3 Å². The van der Waals surface area contributed by atoms with Crippen LogP contribution in [0.2, 0.25) is 0 Å². The molecule has 0 aliphatic carbocycles. The highest BCUT2D eigenvalue weighted by Gasteiger charge is 2.18. The van der Waals surface area contributed by atoms with Gasteiger partial charge in [-0.25, -0.2) is 9.97 Å². The van der Waals surface area contributed by atoms with Crippen molar-refractivity contribution < 1.29 is 9.47 Å². The number of ether oxygens (including phenoxy) is 2. The number of hydrogen-bond donors (Lipinski definition) is 2. The Kier molecular flexibility index (Phi) is 8.71. The molecule has 31 heavy (non-hydrogen) atoms. The Labute approximate surface area is 184 Å². The van der Waals surface area contributed by atoms with Crippen LogP contribution in [0.15, 0.2) is 41.7 Å². The molecule has 1 aromatic heterocycles. The fraction of sp³-hybridized carbons (Fsp3) is 0.500. The van der Waals surface area contributed by atoms with Crippen LogP contribution in [-0.2, 0) is 6.54 Å². The van der Waals surface area contributed by atoms with Gasteiger partial charge in [-0.05, 0) is 31.2 Å². The molecule has 0 bridgehead atoms. The zero-order valence-corrected chi connectivity index (χ0v) is 18.7. The van der Waals surface area contributed by atoms with Gasteiger partial charge in [0.25, 0.3) is 0 Å². The summed E-state index contributed by atoms with van der Waals surface area (Å²) >= 11 is 0. The lowest BCUT2D eigenvalue weighted by Crippen LogP contribution is -2.47. The molecule has 1 aliphatic rings. The molecule has 2 aromatic rings. The molecule has 0 saturated carbocycles. The third-order valence-electron chi connectivity index (χ3n) is 5.31. The Morgan fingerprint density at radius 3 is 2.52 bits per heavy atom. The van der Waals surface area contributed by atoms with Crippen molar-refractivity contribution in [2.75, 3.05) is 65.4 Å². The lowest BCUT2D eigenvalue weighted by Gasteiger charge is -2.34. The van der Waals surface area contributed by atoms with Gasteiger partial charge < -0.3 is 25.0 Å². The highest BCUT2D eigenvalue weighted by molar-refractivity contribution is 5.79. The molecule has 0 atom stereocenters. The highest BCUT2D eigenvalue weighted by Crippen LogP contribution is 2.24. The Balaban J connectivity index is 1.34. The van der Waals surface area contributed by atoms with Crippen LogP contribution in [0.1, 0.15) is 12.0 Å². The van der Waals surface area contributed by atoms with Crippen molar-refractivity contribution in [3.05, 3.63) is 42.2 Å². The summed E-state index contributed by atoms with van der Waals surface area (Å²) in [7, 11) is 5.10. The van der Waals surface area contributed by atoms with E-state index in [-0.39, 0.29) is 0 Å². The number of nitrogens with one attached hydrogen (secondary N) is 2. The third-order valence-corrected chi connectivity index (χ3v) is 5.31. The number of methoxy groups -OCH3 is 2. The van der Waals surface area contributed by atoms with Crippen molar-refractivity contribution >= 4 is 11.9 Å². The molecule has 9 nitrogen and oxygen atoms in total. The number of rotatable bonds is 9. The smallest absolute Gasteiger partial charge is 0.225 e. The zero-order valence-electron chi connectivity index (χ0n) is 18.7. The van der Waals surface area contributed by atoms with E-state index in [1.807, 2.05) is 24.3 Å². The summed E-state index contributed by atoms with van der Waals surface area (Å²) in [6, 6.07) is 7.66.